The Hall–Kier alpha value is -3.43. The van der Waals surface area contributed by atoms with Crippen molar-refractivity contribution in [3.05, 3.63) is 88.4 Å². The molecule has 2 aromatic carbocycles. The van der Waals surface area contributed by atoms with Crippen LogP contribution in [0, 0.1) is 5.82 Å². The predicted molar refractivity (Wildman–Crippen MR) is 146 cm³/mol. The molecule has 6 nitrogen and oxygen atoms in total. The number of carbonyl (C=O) groups excluding carboxylic acids is 2. The van der Waals surface area contributed by atoms with Crippen LogP contribution in [0.5, 0.6) is 0 Å². The fraction of sp³-hybridized carbons (Fsp3) is 0.250. The van der Waals surface area contributed by atoms with Crippen LogP contribution in [0.25, 0.3) is 16.9 Å². The molecule has 0 radical (unpaired) electrons. The Bertz CT molecular complexity index is 1410. The van der Waals surface area contributed by atoms with E-state index >= 15 is 0 Å². The van der Waals surface area contributed by atoms with Crippen LogP contribution in [0.3, 0.4) is 0 Å². The van der Waals surface area contributed by atoms with Crippen LogP contribution in [0.15, 0.2) is 72.1 Å². The largest absolute Gasteiger partial charge is 0.341 e. The topological polar surface area (TPSA) is 58.4 Å². The first kappa shape index (κ1) is 23.9. The highest BCUT2D eigenvalue weighted by molar-refractivity contribution is 8.00. The molecule has 2 aliphatic rings. The molecule has 2 aliphatic heterocycles. The minimum Gasteiger partial charge on any atom is -0.341 e. The SMILES string of the molecule is O=C(CN1C(=O)CSC(c2cccs2)c2c(-c3ccccc3)nn(-c3ccc(F)cc3)c21)N1CCCC1. The Labute approximate surface area is 222 Å². The molecule has 0 bridgehead atoms. The van der Waals surface area contributed by atoms with Gasteiger partial charge >= 0.3 is 0 Å². The van der Waals surface area contributed by atoms with Crippen molar-refractivity contribution in [3.8, 4) is 16.9 Å². The van der Waals surface area contributed by atoms with Gasteiger partial charge in [-0.3, -0.25) is 14.5 Å². The van der Waals surface area contributed by atoms with Gasteiger partial charge in [0, 0.05) is 29.1 Å². The van der Waals surface area contributed by atoms with E-state index in [-0.39, 0.29) is 35.2 Å². The van der Waals surface area contributed by atoms with Crippen LogP contribution in [0.1, 0.15) is 28.5 Å². The van der Waals surface area contributed by atoms with Gasteiger partial charge in [-0.15, -0.1) is 23.1 Å². The van der Waals surface area contributed by atoms with E-state index in [9.17, 15) is 14.0 Å². The molecule has 1 atom stereocenters. The molecule has 0 spiro atoms. The zero-order chi connectivity index (χ0) is 25.4. The standard InChI is InChI=1S/C28H25FN4O2S2/c29-20-10-12-21(13-11-20)33-28-25(26(30-33)19-7-2-1-3-8-19)27(22-9-6-16-36-22)37-18-24(35)32(28)17-23(34)31-14-4-5-15-31/h1-3,6-13,16,27H,4-5,14-15,17-18H2. The number of halogens is 1. The molecule has 4 aromatic rings. The van der Waals surface area contributed by atoms with Crippen molar-refractivity contribution >= 4 is 40.7 Å². The Morgan fingerprint density at radius 3 is 2.46 bits per heavy atom. The minimum atomic E-state index is -0.352. The molecule has 188 valence electrons. The van der Waals surface area contributed by atoms with Crippen molar-refractivity contribution in [2.75, 3.05) is 30.3 Å². The predicted octanol–water partition coefficient (Wildman–Crippen LogP) is 5.53. The molecular formula is C28H25FN4O2S2. The van der Waals surface area contributed by atoms with Gasteiger partial charge in [0.2, 0.25) is 11.8 Å². The number of amides is 2. The maximum absolute atomic E-state index is 13.9. The van der Waals surface area contributed by atoms with Gasteiger partial charge in [0.15, 0.2) is 0 Å². The van der Waals surface area contributed by atoms with Crippen LogP contribution in [0.2, 0.25) is 0 Å². The second kappa shape index (κ2) is 10.1. The van der Waals surface area contributed by atoms with Crippen molar-refractivity contribution in [3.63, 3.8) is 0 Å². The van der Waals surface area contributed by atoms with Crippen molar-refractivity contribution in [2.45, 2.75) is 18.1 Å². The number of likely N-dealkylation sites (tertiary alicyclic amines) is 1. The van der Waals surface area contributed by atoms with E-state index in [0.717, 1.165) is 34.5 Å². The van der Waals surface area contributed by atoms with Gasteiger partial charge in [0.25, 0.3) is 0 Å². The highest BCUT2D eigenvalue weighted by atomic mass is 32.2. The molecule has 0 saturated carbocycles. The Morgan fingerprint density at radius 1 is 1.00 bits per heavy atom. The number of carbonyl (C=O) groups is 2. The van der Waals surface area contributed by atoms with Crippen molar-refractivity contribution < 1.29 is 14.0 Å². The Morgan fingerprint density at radius 2 is 1.76 bits per heavy atom. The van der Waals surface area contributed by atoms with Crippen LogP contribution >= 0.6 is 23.1 Å². The van der Waals surface area contributed by atoms with Crippen molar-refractivity contribution in [1.29, 1.82) is 0 Å². The van der Waals surface area contributed by atoms with Crippen LogP contribution in [0.4, 0.5) is 10.2 Å². The zero-order valence-electron chi connectivity index (χ0n) is 20.0. The molecule has 1 saturated heterocycles. The summed E-state index contributed by atoms with van der Waals surface area (Å²) < 4.78 is 15.6. The van der Waals surface area contributed by atoms with Crippen molar-refractivity contribution in [2.24, 2.45) is 0 Å². The van der Waals surface area contributed by atoms with Gasteiger partial charge in [-0.25, -0.2) is 9.07 Å². The van der Waals surface area contributed by atoms with Crippen LogP contribution in [-0.2, 0) is 9.59 Å². The summed E-state index contributed by atoms with van der Waals surface area (Å²) in [6.45, 7) is 1.38. The van der Waals surface area contributed by atoms with E-state index in [1.165, 1.54) is 12.1 Å². The minimum absolute atomic E-state index is 0.0509. The lowest BCUT2D eigenvalue weighted by Crippen LogP contribution is -2.43. The molecule has 2 amide bonds. The summed E-state index contributed by atoms with van der Waals surface area (Å²) in [4.78, 5) is 31.5. The molecule has 0 aliphatic carbocycles. The van der Waals surface area contributed by atoms with Gasteiger partial charge in [0.05, 0.1) is 22.4 Å². The van der Waals surface area contributed by atoms with Crippen molar-refractivity contribution in [1.82, 2.24) is 14.7 Å². The number of anilines is 1. The first-order valence-electron chi connectivity index (χ1n) is 12.3. The maximum atomic E-state index is 13.9. The number of fused-ring (bicyclic) bond motifs is 1. The second-order valence-electron chi connectivity index (χ2n) is 9.11. The Balaban J connectivity index is 1.59. The lowest BCUT2D eigenvalue weighted by Gasteiger charge is -2.25. The first-order valence-corrected chi connectivity index (χ1v) is 14.2. The van der Waals surface area contributed by atoms with Gasteiger partial charge < -0.3 is 4.90 Å². The number of hydrogen-bond donors (Lipinski definition) is 0. The number of hydrogen-bond acceptors (Lipinski definition) is 5. The summed E-state index contributed by atoms with van der Waals surface area (Å²) in [6, 6.07) is 20.0. The lowest BCUT2D eigenvalue weighted by molar-refractivity contribution is -0.130. The molecule has 6 rings (SSSR count). The highest BCUT2D eigenvalue weighted by Gasteiger charge is 2.38. The van der Waals surface area contributed by atoms with E-state index in [1.807, 2.05) is 46.7 Å². The number of aromatic nitrogens is 2. The molecule has 37 heavy (non-hydrogen) atoms. The van der Waals surface area contributed by atoms with E-state index in [1.54, 1.807) is 44.8 Å². The smallest absolute Gasteiger partial charge is 0.242 e. The molecule has 0 N–H and O–H groups in total. The first-order chi connectivity index (χ1) is 18.1. The summed E-state index contributed by atoms with van der Waals surface area (Å²) in [5.74, 6) is 0.258. The van der Waals surface area contributed by atoms with E-state index in [2.05, 4.69) is 6.07 Å². The fourth-order valence-electron chi connectivity index (χ4n) is 4.96. The van der Waals surface area contributed by atoms with Gasteiger partial charge in [-0.2, -0.15) is 5.10 Å². The molecule has 2 aromatic heterocycles. The quantitative estimate of drug-likeness (QED) is 0.339. The van der Waals surface area contributed by atoms with Gasteiger partial charge in [-0.05, 0) is 48.6 Å². The van der Waals surface area contributed by atoms with Gasteiger partial charge in [-0.1, -0.05) is 36.4 Å². The lowest BCUT2D eigenvalue weighted by atomic mass is 10.0. The average Bonchev–Trinajstić information content (AvgIpc) is 3.69. The van der Waals surface area contributed by atoms with E-state index in [0.29, 0.717) is 24.6 Å². The summed E-state index contributed by atoms with van der Waals surface area (Å²) in [7, 11) is 0. The molecule has 1 unspecified atom stereocenters. The Kier molecular flexibility index (Phi) is 6.56. The molecular weight excluding hydrogens is 507 g/mol. The summed E-state index contributed by atoms with van der Waals surface area (Å²) in [5, 5.41) is 6.91. The number of thioether (sulfide) groups is 1. The number of thiophene rings is 1. The monoisotopic (exact) mass is 532 g/mol. The third-order valence-corrected chi connectivity index (χ3v) is 9.08. The van der Waals surface area contributed by atoms with Gasteiger partial charge in [0.1, 0.15) is 18.2 Å². The average molecular weight is 533 g/mol. The van der Waals surface area contributed by atoms with Crippen LogP contribution < -0.4 is 4.90 Å². The number of benzene rings is 2. The third-order valence-electron chi connectivity index (χ3n) is 6.76. The van der Waals surface area contributed by atoms with E-state index in [4.69, 9.17) is 5.10 Å². The summed E-state index contributed by atoms with van der Waals surface area (Å²) >= 11 is 3.19. The van der Waals surface area contributed by atoms with Crippen LogP contribution in [-0.4, -0.2) is 51.9 Å². The summed E-state index contributed by atoms with van der Waals surface area (Å²) in [6.07, 6.45) is 1.96. The maximum Gasteiger partial charge on any atom is 0.242 e. The third kappa shape index (κ3) is 4.57. The normalized spacial score (nSPS) is 17.6. The second-order valence-corrected chi connectivity index (χ2v) is 11.2. The fourth-order valence-corrected chi connectivity index (χ4v) is 7.13. The van der Waals surface area contributed by atoms with E-state index < -0.39 is 0 Å². The highest BCUT2D eigenvalue weighted by Crippen LogP contribution is 2.49. The number of nitrogens with zero attached hydrogens (tertiary/aromatic N) is 4. The summed E-state index contributed by atoms with van der Waals surface area (Å²) in [5.41, 5.74) is 3.19. The number of rotatable bonds is 5. The molecule has 9 heteroatoms. The molecule has 1 fully saturated rings. The molecule has 4 heterocycles. The zero-order valence-corrected chi connectivity index (χ0v) is 21.7.